The predicted molar refractivity (Wildman–Crippen MR) is 89.5 cm³/mol. The van der Waals surface area contributed by atoms with Crippen LogP contribution in [0.3, 0.4) is 0 Å². The van der Waals surface area contributed by atoms with E-state index in [1.54, 1.807) is 6.92 Å². The first kappa shape index (κ1) is 17.5. The zero-order chi connectivity index (χ0) is 17.9. The fourth-order valence-corrected chi connectivity index (χ4v) is 3.23. The van der Waals surface area contributed by atoms with Crippen LogP contribution in [0.2, 0.25) is 0 Å². The molecule has 0 aromatic heterocycles. The summed E-state index contributed by atoms with van der Waals surface area (Å²) in [5.41, 5.74) is 5.94. The number of hydrogen-bond donors (Lipinski definition) is 3. The number of carbonyl (C=O) groups is 2. The molecule has 0 bridgehead atoms. The van der Waals surface area contributed by atoms with Crippen LogP contribution < -0.4 is 25.8 Å². The number of fused-ring (bicyclic) bond motifs is 1. The van der Waals surface area contributed by atoms with Crippen LogP contribution in [0.1, 0.15) is 25.3 Å². The van der Waals surface area contributed by atoms with Crippen molar-refractivity contribution in [2.75, 3.05) is 26.6 Å². The SMILES string of the molecule is C[C@H](NCC1(c2ccc3c(c2)OCO3)CCOCC1)C(=O)NC(N)=O. The minimum Gasteiger partial charge on any atom is -0.454 e. The van der Waals surface area contributed by atoms with Gasteiger partial charge in [-0.15, -0.1) is 0 Å². The molecular formula is C17H23N3O5. The van der Waals surface area contributed by atoms with Gasteiger partial charge in [0, 0.05) is 25.2 Å². The number of rotatable bonds is 5. The van der Waals surface area contributed by atoms with Crippen LogP contribution in [0.5, 0.6) is 11.5 Å². The van der Waals surface area contributed by atoms with Crippen LogP contribution >= 0.6 is 0 Å². The van der Waals surface area contributed by atoms with E-state index >= 15 is 0 Å². The van der Waals surface area contributed by atoms with Gasteiger partial charge in [0.2, 0.25) is 12.7 Å². The lowest BCUT2D eigenvalue weighted by atomic mass is 9.74. The molecule has 3 amide bonds. The van der Waals surface area contributed by atoms with Gasteiger partial charge in [0.15, 0.2) is 11.5 Å². The maximum Gasteiger partial charge on any atom is 0.318 e. The Morgan fingerprint density at radius 2 is 1.96 bits per heavy atom. The Morgan fingerprint density at radius 3 is 2.68 bits per heavy atom. The third-order valence-corrected chi connectivity index (χ3v) is 4.82. The molecule has 1 aromatic rings. The predicted octanol–water partition coefficient (Wildman–Crippen LogP) is 0.637. The lowest BCUT2D eigenvalue weighted by Crippen LogP contribution is -2.51. The van der Waals surface area contributed by atoms with E-state index < -0.39 is 18.0 Å². The number of primary amides is 1. The van der Waals surface area contributed by atoms with Gasteiger partial charge >= 0.3 is 6.03 Å². The molecule has 1 saturated heterocycles. The van der Waals surface area contributed by atoms with Crippen LogP contribution in [0.25, 0.3) is 0 Å². The minimum atomic E-state index is -0.852. The molecule has 0 saturated carbocycles. The summed E-state index contributed by atoms with van der Waals surface area (Å²) < 4.78 is 16.4. The topological polar surface area (TPSA) is 112 Å². The molecule has 25 heavy (non-hydrogen) atoms. The highest BCUT2D eigenvalue weighted by molar-refractivity contribution is 5.96. The van der Waals surface area contributed by atoms with Gasteiger partial charge < -0.3 is 25.3 Å². The Hall–Kier alpha value is -2.32. The summed E-state index contributed by atoms with van der Waals surface area (Å²) in [7, 11) is 0. The zero-order valence-electron chi connectivity index (χ0n) is 14.2. The number of nitrogens with one attached hydrogen (secondary N) is 2. The van der Waals surface area contributed by atoms with Crippen LogP contribution in [-0.2, 0) is 14.9 Å². The van der Waals surface area contributed by atoms with E-state index in [2.05, 4.69) is 10.6 Å². The minimum absolute atomic E-state index is 0.180. The number of ether oxygens (including phenoxy) is 3. The van der Waals surface area contributed by atoms with Gasteiger partial charge in [-0.2, -0.15) is 0 Å². The Morgan fingerprint density at radius 1 is 1.24 bits per heavy atom. The molecule has 4 N–H and O–H groups in total. The molecule has 1 fully saturated rings. The number of benzene rings is 1. The van der Waals surface area contributed by atoms with Gasteiger partial charge in [-0.1, -0.05) is 6.07 Å². The summed E-state index contributed by atoms with van der Waals surface area (Å²) in [5, 5.41) is 5.31. The summed E-state index contributed by atoms with van der Waals surface area (Å²) in [6.07, 6.45) is 1.65. The number of urea groups is 1. The van der Waals surface area contributed by atoms with Crippen molar-refractivity contribution in [3.8, 4) is 11.5 Å². The second-order valence-corrected chi connectivity index (χ2v) is 6.42. The molecule has 8 nitrogen and oxygen atoms in total. The Labute approximate surface area is 146 Å². The second kappa shape index (κ2) is 7.28. The van der Waals surface area contributed by atoms with E-state index in [9.17, 15) is 9.59 Å². The standard InChI is InChI=1S/C17H23N3O5/c1-11(15(21)20-16(18)22)19-9-17(4-6-23-7-5-17)12-2-3-13-14(8-12)25-10-24-13/h2-3,8,11,19H,4-7,9-10H2,1H3,(H3,18,20,21,22)/t11-/m0/s1. The lowest BCUT2D eigenvalue weighted by molar-refractivity contribution is -0.121. The van der Waals surface area contributed by atoms with Crippen LogP contribution in [0.4, 0.5) is 4.79 Å². The Balaban J connectivity index is 1.75. The van der Waals surface area contributed by atoms with E-state index in [1.165, 1.54) is 0 Å². The van der Waals surface area contributed by atoms with Gasteiger partial charge in [-0.25, -0.2) is 4.79 Å². The van der Waals surface area contributed by atoms with Crippen molar-refractivity contribution in [1.29, 1.82) is 0 Å². The van der Waals surface area contributed by atoms with Crippen molar-refractivity contribution in [3.05, 3.63) is 23.8 Å². The Bertz CT molecular complexity index is 658. The molecule has 8 heteroatoms. The molecule has 2 aliphatic rings. The van der Waals surface area contributed by atoms with E-state index in [0.717, 1.165) is 29.9 Å². The van der Waals surface area contributed by atoms with Crippen molar-refractivity contribution < 1.29 is 23.8 Å². The van der Waals surface area contributed by atoms with Crippen molar-refractivity contribution in [2.24, 2.45) is 5.73 Å². The third-order valence-electron chi connectivity index (χ3n) is 4.82. The molecule has 0 spiro atoms. The summed E-state index contributed by atoms with van der Waals surface area (Å²) in [6.45, 7) is 3.81. The molecule has 2 aliphatic heterocycles. The third kappa shape index (κ3) is 3.85. The molecule has 1 aromatic carbocycles. The smallest absolute Gasteiger partial charge is 0.318 e. The first-order valence-corrected chi connectivity index (χ1v) is 8.32. The van der Waals surface area contributed by atoms with Crippen molar-refractivity contribution in [2.45, 2.75) is 31.2 Å². The van der Waals surface area contributed by atoms with Crippen LogP contribution in [-0.4, -0.2) is 44.5 Å². The maximum absolute atomic E-state index is 11.9. The molecule has 0 aliphatic carbocycles. The molecule has 0 unspecified atom stereocenters. The molecule has 2 heterocycles. The number of nitrogens with two attached hydrogens (primary N) is 1. The largest absolute Gasteiger partial charge is 0.454 e. The average molecular weight is 349 g/mol. The fourth-order valence-electron chi connectivity index (χ4n) is 3.23. The number of imide groups is 1. The number of carbonyl (C=O) groups excluding carboxylic acids is 2. The summed E-state index contributed by atoms with van der Waals surface area (Å²) >= 11 is 0. The monoisotopic (exact) mass is 349 g/mol. The van der Waals surface area contributed by atoms with E-state index in [4.69, 9.17) is 19.9 Å². The van der Waals surface area contributed by atoms with Crippen LogP contribution in [0, 0.1) is 0 Å². The van der Waals surface area contributed by atoms with Crippen molar-refractivity contribution in [3.63, 3.8) is 0 Å². The van der Waals surface area contributed by atoms with E-state index in [-0.39, 0.29) is 12.2 Å². The molecule has 1 atom stereocenters. The first-order chi connectivity index (χ1) is 12.0. The Kier molecular flexibility index (Phi) is 5.10. The lowest BCUT2D eigenvalue weighted by Gasteiger charge is -2.38. The fraction of sp³-hybridized carbons (Fsp3) is 0.529. The van der Waals surface area contributed by atoms with Gasteiger partial charge in [0.05, 0.1) is 6.04 Å². The van der Waals surface area contributed by atoms with Gasteiger partial charge in [-0.05, 0) is 37.5 Å². The van der Waals surface area contributed by atoms with Gasteiger partial charge in [0.1, 0.15) is 0 Å². The van der Waals surface area contributed by atoms with Crippen molar-refractivity contribution in [1.82, 2.24) is 10.6 Å². The molecule has 3 rings (SSSR count). The summed E-state index contributed by atoms with van der Waals surface area (Å²) in [5.74, 6) is 1.04. The van der Waals surface area contributed by atoms with E-state index in [1.807, 2.05) is 18.2 Å². The van der Waals surface area contributed by atoms with Crippen molar-refractivity contribution >= 4 is 11.9 Å². The summed E-state index contributed by atoms with van der Waals surface area (Å²) in [6, 6.07) is 4.56. The van der Waals surface area contributed by atoms with E-state index in [0.29, 0.717) is 19.8 Å². The number of hydrogen-bond acceptors (Lipinski definition) is 6. The number of amides is 3. The molecule has 0 radical (unpaired) electrons. The highest BCUT2D eigenvalue weighted by atomic mass is 16.7. The van der Waals surface area contributed by atoms with Gasteiger partial charge in [0.25, 0.3) is 0 Å². The second-order valence-electron chi connectivity index (χ2n) is 6.42. The quantitative estimate of drug-likeness (QED) is 0.719. The first-order valence-electron chi connectivity index (χ1n) is 8.32. The highest BCUT2D eigenvalue weighted by Gasteiger charge is 2.36. The van der Waals surface area contributed by atoms with Gasteiger partial charge in [-0.3, -0.25) is 10.1 Å². The average Bonchev–Trinajstić information content (AvgIpc) is 3.07. The van der Waals surface area contributed by atoms with Crippen LogP contribution in [0.15, 0.2) is 18.2 Å². The molecular weight excluding hydrogens is 326 g/mol. The summed E-state index contributed by atoms with van der Waals surface area (Å²) in [4.78, 5) is 22.7. The highest BCUT2D eigenvalue weighted by Crippen LogP contribution is 2.40. The normalized spacial score (nSPS) is 19.2. The maximum atomic E-state index is 11.9. The molecule has 136 valence electrons. The zero-order valence-corrected chi connectivity index (χ0v) is 14.2.